The Morgan fingerprint density at radius 3 is 2.48 bits per heavy atom. The predicted molar refractivity (Wildman–Crippen MR) is 83.2 cm³/mol. The van der Waals surface area contributed by atoms with Gasteiger partial charge in [0.05, 0.1) is 0 Å². The molecule has 0 aliphatic rings. The van der Waals surface area contributed by atoms with Gasteiger partial charge in [0, 0.05) is 33.8 Å². The number of hydrogen-bond acceptors (Lipinski definition) is 6. The summed E-state index contributed by atoms with van der Waals surface area (Å²) in [6, 6.07) is 0. The van der Waals surface area contributed by atoms with E-state index in [1.165, 1.54) is 44.7 Å². The Balaban J connectivity index is 2.54. The second-order valence-electron chi connectivity index (χ2n) is 5.30. The number of nitrogens with zero attached hydrogens (tertiary/aromatic N) is 4. The fraction of sp³-hybridized carbons (Fsp3) is 0.385. The lowest BCUT2D eigenvalue weighted by molar-refractivity contribution is 0.0814. The molecular weight excluding hydrogens is 304 g/mol. The summed E-state index contributed by atoms with van der Waals surface area (Å²) < 4.78 is 2.26. The SMILES string of the molecule is Cc1c(Nc2nn(C)c(C(=O)N(C)C)c2O)c(=O)[nH]n(C)c1=O. The molecule has 0 atom stereocenters. The van der Waals surface area contributed by atoms with Gasteiger partial charge in [-0.3, -0.25) is 28.8 Å². The molecule has 0 saturated carbocycles. The summed E-state index contributed by atoms with van der Waals surface area (Å²) in [5.74, 6) is -0.926. The van der Waals surface area contributed by atoms with Gasteiger partial charge in [0.25, 0.3) is 17.0 Å². The van der Waals surface area contributed by atoms with Gasteiger partial charge in [0.15, 0.2) is 17.3 Å². The molecule has 0 aromatic carbocycles. The first kappa shape index (κ1) is 16.3. The van der Waals surface area contributed by atoms with E-state index < -0.39 is 22.8 Å². The van der Waals surface area contributed by atoms with Crippen LogP contribution in [-0.2, 0) is 14.1 Å². The molecule has 10 heteroatoms. The van der Waals surface area contributed by atoms with Crippen LogP contribution in [0.15, 0.2) is 9.59 Å². The topological polar surface area (TPSA) is 125 Å². The molecule has 2 aromatic rings. The van der Waals surface area contributed by atoms with Crippen LogP contribution in [-0.4, -0.2) is 49.6 Å². The third kappa shape index (κ3) is 2.70. The Labute approximate surface area is 130 Å². The highest BCUT2D eigenvalue weighted by atomic mass is 16.3. The lowest BCUT2D eigenvalue weighted by atomic mass is 10.2. The van der Waals surface area contributed by atoms with Crippen molar-refractivity contribution in [3.05, 3.63) is 32.0 Å². The molecule has 2 heterocycles. The van der Waals surface area contributed by atoms with Crippen molar-refractivity contribution in [2.45, 2.75) is 6.92 Å². The highest BCUT2D eigenvalue weighted by Crippen LogP contribution is 2.29. The zero-order chi connectivity index (χ0) is 17.5. The van der Waals surface area contributed by atoms with E-state index in [2.05, 4.69) is 15.5 Å². The van der Waals surface area contributed by atoms with Crippen molar-refractivity contribution in [2.24, 2.45) is 14.1 Å². The van der Waals surface area contributed by atoms with Crippen LogP contribution in [0.25, 0.3) is 0 Å². The van der Waals surface area contributed by atoms with Crippen molar-refractivity contribution in [3.63, 3.8) is 0 Å². The van der Waals surface area contributed by atoms with Crippen molar-refractivity contribution in [1.82, 2.24) is 24.5 Å². The number of aromatic nitrogens is 4. The summed E-state index contributed by atoms with van der Waals surface area (Å²) in [5, 5.41) is 19.2. The molecule has 23 heavy (non-hydrogen) atoms. The van der Waals surface area contributed by atoms with Crippen LogP contribution in [0, 0.1) is 6.92 Å². The average molecular weight is 322 g/mol. The zero-order valence-corrected chi connectivity index (χ0v) is 13.5. The van der Waals surface area contributed by atoms with Gasteiger partial charge < -0.3 is 15.3 Å². The van der Waals surface area contributed by atoms with Gasteiger partial charge in [0.2, 0.25) is 0 Å². The monoisotopic (exact) mass is 322 g/mol. The number of aromatic hydroxyl groups is 1. The van der Waals surface area contributed by atoms with Gasteiger partial charge in [-0.05, 0) is 6.92 Å². The number of aromatic amines is 1. The number of aryl methyl sites for hydroxylation is 2. The molecule has 0 aliphatic heterocycles. The van der Waals surface area contributed by atoms with Crippen LogP contribution in [0.1, 0.15) is 16.1 Å². The van der Waals surface area contributed by atoms with E-state index in [9.17, 15) is 19.5 Å². The van der Waals surface area contributed by atoms with Crippen LogP contribution in [0.5, 0.6) is 5.75 Å². The lowest BCUT2D eigenvalue weighted by Gasteiger charge is -2.10. The Bertz CT molecular complexity index is 889. The highest BCUT2D eigenvalue weighted by Gasteiger charge is 2.24. The number of H-pyrrole nitrogens is 1. The minimum atomic E-state index is -0.546. The molecule has 1 amide bonds. The Kier molecular flexibility index (Phi) is 4.00. The summed E-state index contributed by atoms with van der Waals surface area (Å²) in [4.78, 5) is 37.2. The fourth-order valence-electron chi connectivity index (χ4n) is 2.11. The third-order valence-corrected chi connectivity index (χ3v) is 3.37. The average Bonchev–Trinajstić information content (AvgIpc) is 2.74. The Morgan fingerprint density at radius 2 is 1.91 bits per heavy atom. The fourth-order valence-corrected chi connectivity index (χ4v) is 2.11. The van der Waals surface area contributed by atoms with Crippen molar-refractivity contribution in [3.8, 4) is 5.75 Å². The maximum absolute atomic E-state index is 12.0. The molecule has 2 rings (SSSR count). The van der Waals surface area contributed by atoms with E-state index in [1.54, 1.807) is 0 Å². The summed E-state index contributed by atoms with van der Waals surface area (Å²) in [5.41, 5.74) is -0.843. The number of anilines is 2. The van der Waals surface area contributed by atoms with Gasteiger partial charge in [-0.2, -0.15) is 5.10 Å². The van der Waals surface area contributed by atoms with Gasteiger partial charge >= 0.3 is 0 Å². The van der Waals surface area contributed by atoms with E-state index in [0.717, 1.165) is 4.68 Å². The summed E-state index contributed by atoms with van der Waals surface area (Å²) in [6.07, 6.45) is 0. The smallest absolute Gasteiger partial charge is 0.286 e. The highest BCUT2D eigenvalue weighted by molar-refractivity contribution is 5.96. The second-order valence-corrected chi connectivity index (χ2v) is 5.30. The number of rotatable bonds is 3. The van der Waals surface area contributed by atoms with Crippen molar-refractivity contribution in [2.75, 3.05) is 19.4 Å². The summed E-state index contributed by atoms with van der Waals surface area (Å²) in [7, 11) is 5.99. The Morgan fingerprint density at radius 1 is 1.30 bits per heavy atom. The molecule has 2 aromatic heterocycles. The number of nitrogens with one attached hydrogen (secondary N) is 2. The number of carbonyl (C=O) groups excluding carboxylic acids is 1. The molecule has 0 saturated heterocycles. The molecule has 0 radical (unpaired) electrons. The third-order valence-electron chi connectivity index (χ3n) is 3.37. The van der Waals surface area contributed by atoms with Crippen molar-refractivity contribution in [1.29, 1.82) is 0 Å². The quantitative estimate of drug-likeness (QED) is 0.684. The minimum absolute atomic E-state index is 0.0320. The summed E-state index contributed by atoms with van der Waals surface area (Å²) >= 11 is 0. The van der Waals surface area contributed by atoms with E-state index in [0.29, 0.717) is 0 Å². The van der Waals surface area contributed by atoms with Gasteiger partial charge in [-0.15, -0.1) is 0 Å². The molecule has 0 spiro atoms. The number of hydrogen-bond donors (Lipinski definition) is 3. The zero-order valence-electron chi connectivity index (χ0n) is 13.5. The van der Waals surface area contributed by atoms with E-state index in [-0.39, 0.29) is 22.8 Å². The number of carbonyl (C=O) groups is 1. The molecule has 3 N–H and O–H groups in total. The molecule has 0 unspecified atom stereocenters. The molecule has 124 valence electrons. The van der Waals surface area contributed by atoms with Gasteiger partial charge in [-0.25, -0.2) is 0 Å². The summed E-state index contributed by atoms with van der Waals surface area (Å²) in [6.45, 7) is 1.48. The van der Waals surface area contributed by atoms with Crippen LogP contribution < -0.4 is 16.4 Å². The molecule has 0 bridgehead atoms. The van der Waals surface area contributed by atoms with Crippen LogP contribution in [0.4, 0.5) is 11.5 Å². The molecule has 10 nitrogen and oxygen atoms in total. The Hall–Kier alpha value is -3.04. The second kappa shape index (κ2) is 5.63. The van der Waals surface area contributed by atoms with Crippen LogP contribution in [0.2, 0.25) is 0 Å². The maximum Gasteiger partial charge on any atom is 0.286 e. The van der Waals surface area contributed by atoms with Gasteiger partial charge in [0.1, 0.15) is 5.69 Å². The molecule has 0 fully saturated rings. The van der Waals surface area contributed by atoms with Crippen molar-refractivity contribution < 1.29 is 9.90 Å². The van der Waals surface area contributed by atoms with Crippen LogP contribution >= 0.6 is 0 Å². The first-order valence-electron chi connectivity index (χ1n) is 6.69. The maximum atomic E-state index is 12.0. The standard InChI is InChI=1S/C13H18N6O4/c1-6-7(11(21)16-19(5)12(6)22)14-10-9(20)8(18(4)15-10)13(23)17(2)3/h20H,1-5H3,(H,14,15)(H,16,21). The lowest BCUT2D eigenvalue weighted by Crippen LogP contribution is -2.31. The van der Waals surface area contributed by atoms with E-state index >= 15 is 0 Å². The molecule has 0 aliphatic carbocycles. The predicted octanol–water partition coefficient (Wildman–Crippen LogP) is -0.733. The van der Waals surface area contributed by atoms with Crippen molar-refractivity contribution >= 4 is 17.4 Å². The first-order valence-corrected chi connectivity index (χ1v) is 6.69. The minimum Gasteiger partial charge on any atom is -0.503 e. The van der Waals surface area contributed by atoms with E-state index in [4.69, 9.17) is 0 Å². The number of amides is 1. The van der Waals surface area contributed by atoms with Crippen LogP contribution in [0.3, 0.4) is 0 Å². The van der Waals surface area contributed by atoms with E-state index in [1.807, 2.05) is 0 Å². The molecular formula is C13H18N6O4. The largest absolute Gasteiger partial charge is 0.503 e. The first-order chi connectivity index (χ1) is 10.6. The van der Waals surface area contributed by atoms with Gasteiger partial charge in [-0.1, -0.05) is 0 Å². The normalized spacial score (nSPS) is 10.7.